The molecule has 0 aliphatic carbocycles. The lowest BCUT2D eigenvalue weighted by atomic mass is 10.5. The van der Waals surface area contributed by atoms with Gasteiger partial charge < -0.3 is 4.57 Å². The minimum absolute atomic E-state index is 0.354. The first-order valence-electron chi connectivity index (χ1n) is 2.19. The van der Waals surface area contributed by atoms with Crippen LogP contribution in [0.2, 0.25) is 0 Å². The molecule has 0 N–H and O–H groups in total. The molecule has 0 spiro atoms. The van der Waals surface area contributed by atoms with E-state index in [4.69, 9.17) is 0 Å². The van der Waals surface area contributed by atoms with Crippen LogP contribution in [0.25, 0.3) is 0 Å². The predicted octanol–water partition coefficient (Wildman–Crippen LogP) is -0.122. The third kappa shape index (κ3) is 0.753. The molecule has 0 amide bonds. The largest absolute Gasteiger partial charge is 0.340 e. The molecule has 1 rings (SSSR count). The minimum atomic E-state index is 0.354. The number of carbonyl (C=O) groups excluding carboxylic acids is 1. The highest BCUT2D eigenvalue weighted by Crippen LogP contribution is 1.85. The lowest BCUT2D eigenvalue weighted by Crippen LogP contribution is -1.78. The van der Waals surface area contributed by atoms with E-state index in [1.54, 1.807) is 30.4 Å². The molecule has 0 saturated heterocycles. The molecule has 41 valence electrons. The molecular weight excluding hydrogens is 104 g/mol. The molecule has 0 bridgehead atoms. The van der Waals surface area contributed by atoms with Crippen molar-refractivity contribution in [3.8, 4) is 0 Å². The lowest BCUT2D eigenvalue weighted by molar-refractivity contribution is 0.561. The van der Waals surface area contributed by atoms with Gasteiger partial charge in [-0.05, 0) is 0 Å². The molecular formula is C5H5N2O. The SMILES string of the molecule is Cn1cnc([C]=O)c1. The second-order valence-electron chi connectivity index (χ2n) is 1.53. The smallest absolute Gasteiger partial charge is 0.255 e. The first-order valence-corrected chi connectivity index (χ1v) is 2.19. The third-order valence-corrected chi connectivity index (χ3v) is 0.809. The number of aryl methyl sites for hydroxylation is 1. The number of imidazole rings is 1. The van der Waals surface area contributed by atoms with Crippen molar-refractivity contribution in [1.82, 2.24) is 9.55 Å². The lowest BCUT2D eigenvalue weighted by Gasteiger charge is -1.77. The van der Waals surface area contributed by atoms with Crippen LogP contribution in [-0.2, 0) is 11.8 Å². The Morgan fingerprint density at radius 1 is 1.88 bits per heavy atom. The standard InChI is InChI=1S/C5H5N2O/c1-7-2-5(3-8)6-4-7/h2,4H,1H3. The summed E-state index contributed by atoms with van der Waals surface area (Å²) in [4.78, 5) is 13.5. The fraction of sp³-hybridized carbons (Fsp3) is 0.200. The number of nitrogens with zero attached hydrogens (tertiary/aromatic N) is 2. The van der Waals surface area contributed by atoms with E-state index in [0.29, 0.717) is 5.69 Å². The molecule has 1 radical (unpaired) electrons. The molecule has 0 aromatic carbocycles. The first-order chi connectivity index (χ1) is 3.83. The van der Waals surface area contributed by atoms with E-state index in [0.717, 1.165) is 0 Å². The molecule has 0 saturated carbocycles. The summed E-state index contributed by atoms with van der Waals surface area (Å²) in [6, 6.07) is 0. The number of hydrogen-bond donors (Lipinski definition) is 0. The zero-order valence-electron chi connectivity index (χ0n) is 4.46. The maximum atomic E-state index is 9.82. The third-order valence-electron chi connectivity index (χ3n) is 0.809. The van der Waals surface area contributed by atoms with Crippen LogP contribution in [0.4, 0.5) is 0 Å². The number of hydrogen-bond acceptors (Lipinski definition) is 2. The van der Waals surface area contributed by atoms with Gasteiger partial charge in [-0.3, -0.25) is 4.79 Å². The molecule has 8 heavy (non-hydrogen) atoms. The molecule has 1 heterocycles. The van der Waals surface area contributed by atoms with Gasteiger partial charge in [-0.1, -0.05) is 0 Å². The van der Waals surface area contributed by atoms with Crippen LogP contribution in [0.5, 0.6) is 0 Å². The molecule has 1 aromatic heterocycles. The number of aromatic nitrogens is 2. The van der Waals surface area contributed by atoms with E-state index in [1.807, 2.05) is 0 Å². The number of rotatable bonds is 1. The van der Waals surface area contributed by atoms with Crippen LogP contribution < -0.4 is 0 Å². The molecule has 0 aliphatic rings. The second-order valence-corrected chi connectivity index (χ2v) is 1.53. The van der Waals surface area contributed by atoms with Crippen molar-refractivity contribution < 1.29 is 4.79 Å². The normalized spacial score (nSPS) is 9.12. The van der Waals surface area contributed by atoms with Gasteiger partial charge in [0.05, 0.1) is 6.33 Å². The van der Waals surface area contributed by atoms with Gasteiger partial charge in [0, 0.05) is 13.2 Å². The van der Waals surface area contributed by atoms with Gasteiger partial charge in [-0.25, -0.2) is 4.98 Å². The summed E-state index contributed by atoms with van der Waals surface area (Å²) in [5.41, 5.74) is 0.354. The van der Waals surface area contributed by atoms with Gasteiger partial charge in [0.15, 0.2) is 0 Å². The van der Waals surface area contributed by atoms with Crippen LogP contribution in [-0.4, -0.2) is 15.8 Å². The minimum Gasteiger partial charge on any atom is -0.340 e. The predicted molar refractivity (Wildman–Crippen MR) is 28.0 cm³/mol. The van der Waals surface area contributed by atoms with E-state index >= 15 is 0 Å². The van der Waals surface area contributed by atoms with Gasteiger partial charge in [-0.15, -0.1) is 0 Å². The Hall–Kier alpha value is -1.12. The highest BCUT2D eigenvalue weighted by Gasteiger charge is 1.90. The van der Waals surface area contributed by atoms with Crippen molar-refractivity contribution in [2.24, 2.45) is 7.05 Å². The van der Waals surface area contributed by atoms with Gasteiger partial charge in [0.2, 0.25) is 0 Å². The molecule has 0 atom stereocenters. The Labute approximate surface area is 47.0 Å². The van der Waals surface area contributed by atoms with Crippen molar-refractivity contribution in [1.29, 1.82) is 0 Å². The summed E-state index contributed by atoms with van der Waals surface area (Å²) >= 11 is 0. The van der Waals surface area contributed by atoms with Crippen LogP contribution in [0.3, 0.4) is 0 Å². The quantitative estimate of drug-likeness (QED) is 0.503. The zero-order valence-corrected chi connectivity index (χ0v) is 4.46. The Morgan fingerprint density at radius 2 is 2.62 bits per heavy atom. The highest BCUT2D eigenvalue weighted by molar-refractivity contribution is 5.71. The Balaban J connectivity index is 3.00. The van der Waals surface area contributed by atoms with Gasteiger partial charge in [0.25, 0.3) is 6.29 Å². The van der Waals surface area contributed by atoms with Crippen molar-refractivity contribution in [3.05, 3.63) is 18.2 Å². The van der Waals surface area contributed by atoms with Crippen molar-refractivity contribution in [2.45, 2.75) is 0 Å². The zero-order chi connectivity index (χ0) is 5.98. The summed E-state index contributed by atoms with van der Waals surface area (Å²) < 4.78 is 1.69. The molecule has 3 heteroatoms. The average Bonchev–Trinajstić information content (AvgIpc) is 2.14. The topological polar surface area (TPSA) is 34.9 Å². The fourth-order valence-electron chi connectivity index (χ4n) is 0.466. The molecule has 0 unspecified atom stereocenters. The first kappa shape index (κ1) is 5.03. The van der Waals surface area contributed by atoms with E-state index in [2.05, 4.69) is 4.98 Å². The van der Waals surface area contributed by atoms with Crippen molar-refractivity contribution in [2.75, 3.05) is 0 Å². The summed E-state index contributed by atoms with van der Waals surface area (Å²) in [6.45, 7) is 0. The van der Waals surface area contributed by atoms with E-state index in [-0.39, 0.29) is 0 Å². The molecule has 3 nitrogen and oxygen atoms in total. The Morgan fingerprint density at radius 3 is 2.88 bits per heavy atom. The highest BCUT2D eigenvalue weighted by atomic mass is 16.1. The van der Waals surface area contributed by atoms with Gasteiger partial charge in [-0.2, -0.15) is 0 Å². The van der Waals surface area contributed by atoms with Gasteiger partial charge in [0.1, 0.15) is 5.69 Å². The van der Waals surface area contributed by atoms with Crippen molar-refractivity contribution >= 4 is 6.29 Å². The Kier molecular flexibility index (Phi) is 1.12. The molecule has 0 fully saturated rings. The monoisotopic (exact) mass is 109 g/mol. The molecule has 1 aromatic rings. The van der Waals surface area contributed by atoms with Crippen LogP contribution in [0.1, 0.15) is 5.69 Å². The van der Waals surface area contributed by atoms with Crippen molar-refractivity contribution in [3.63, 3.8) is 0 Å². The summed E-state index contributed by atoms with van der Waals surface area (Å²) in [5.74, 6) is 0. The van der Waals surface area contributed by atoms with Crippen LogP contribution in [0, 0.1) is 0 Å². The average molecular weight is 109 g/mol. The maximum absolute atomic E-state index is 9.82. The fourth-order valence-corrected chi connectivity index (χ4v) is 0.466. The Bertz CT molecular complexity index is 192. The maximum Gasteiger partial charge on any atom is 0.255 e. The van der Waals surface area contributed by atoms with Gasteiger partial charge >= 0.3 is 0 Å². The molecule has 0 aliphatic heterocycles. The summed E-state index contributed by atoms with van der Waals surface area (Å²) in [5, 5.41) is 0. The summed E-state index contributed by atoms with van der Waals surface area (Å²) in [7, 11) is 1.80. The van der Waals surface area contributed by atoms with E-state index in [1.165, 1.54) is 0 Å². The second kappa shape index (κ2) is 1.78. The van der Waals surface area contributed by atoms with Crippen LogP contribution in [0.15, 0.2) is 12.5 Å². The van der Waals surface area contributed by atoms with E-state index in [9.17, 15) is 4.79 Å². The van der Waals surface area contributed by atoms with E-state index < -0.39 is 0 Å². The van der Waals surface area contributed by atoms with Crippen LogP contribution >= 0.6 is 0 Å². The summed E-state index contributed by atoms with van der Waals surface area (Å²) in [6.07, 6.45) is 4.83.